The van der Waals surface area contributed by atoms with Gasteiger partial charge in [0.05, 0.1) is 0 Å². The number of rotatable bonds is 6. The monoisotopic (exact) mass is 226 g/mol. The number of thiophene rings is 1. The lowest BCUT2D eigenvalue weighted by Gasteiger charge is -2.14. The van der Waals surface area contributed by atoms with Crippen LogP contribution in [-0.4, -0.2) is 18.3 Å². The molecule has 4 heteroatoms. The third-order valence-electron chi connectivity index (χ3n) is 3.16. The molecule has 0 aromatic carbocycles. The summed E-state index contributed by atoms with van der Waals surface area (Å²) >= 11 is 1.70. The SMILES string of the molecule is Nc1ccsc1CNCC1(CCO)CC1. The molecule has 1 aromatic heterocycles. The van der Waals surface area contributed by atoms with Gasteiger partial charge in [-0.05, 0) is 36.1 Å². The summed E-state index contributed by atoms with van der Waals surface area (Å²) < 4.78 is 0. The fourth-order valence-electron chi connectivity index (χ4n) is 1.86. The van der Waals surface area contributed by atoms with Crippen LogP contribution >= 0.6 is 11.3 Å². The third kappa shape index (κ3) is 2.71. The Labute approximate surface area is 94.3 Å². The van der Waals surface area contributed by atoms with Crippen molar-refractivity contribution in [3.63, 3.8) is 0 Å². The lowest BCUT2D eigenvalue weighted by molar-refractivity contribution is 0.245. The molecular formula is C11H18N2OS. The molecule has 0 saturated heterocycles. The minimum Gasteiger partial charge on any atom is -0.398 e. The summed E-state index contributed by atoms with van der Waals surface area (Å²) in [5.41, 5.74) is 7.07. The second-order valence-corrected chi connectivity index (χ2v) is 5.38. The fourth-order valence-corrected chi connectivity index (χ4v) is 2.63. The van der Waals surface area contributed by atoms with Gasteiger partial charge in [0, 0.05) is 30.3 Å². The first-order valence-corrected chi connectivity index (χ1v) is 6.27. The number of nitrogens with two attached hydrogens (primary N) is 1. The molecule has 4 N–H and O–H groups in total. The third-order valence-corrected chi connectivity index (χ3v) is 4.10. The molecule has 15 heavy (non-hydrogen) atoms. The van der Waals surface area contributed by atoms with E-state index in [1.165, 1.54) is 17.7 Å². The summed E-state index contributed by atoms with van der Waals surface area (Å²) in [6.45, 7) is 2.17. The average molecular weight is 226 g/mol. The highest BCUT2D eigenvalue weighted by Crippen LogP contribution is 2.47. The summed E-state index contributed by atoms with van der Waals surface area (Å²) in [6, 6.07) is 1.95. The zero-order valence-electron chi connectivity index (χ0n) is 8.83. The Morgan fingerprint density at radius 2 is 2.33 bits per heavy atom. The van der Waals surface area contributed by atoms with Gasteiger partial charge in [-0.1, -0.05) is 0 Å². The van der Waals surface area contributed by atoms with E-state index in [1.807, 2.05) is 11.4 Å². The summed E-state index contributed by atoms with van der Waals surface area (Å²) in [5.74, 6) is 0. The molecule has 0 aliphatic heterocycles. The number of nitrogen functional groups attached to an aromatic ring is 1. The molecule has 3 nitrogen and oxygen atoms in total. The maximum Gasteiger partial charge on any atom is 0.0468 e. The lowest BCUT2D eigenvalue weighted by Crippen LogP contribution is -2.24. The second-order valence-electron chi connectivity index (χ2n) is 4.38. The van der Waals surface area contributed by atoms with Crippen LogP contribution in [0.25, 0.3) is 0 Å². The zero-order valence-corrected chi connectivity index (χ0v) is 9.65. The molecule has 1 heterocycles. The van der Waals surface area contributed by atoms with Gasteiger partial charge in [-0.3, -0.25) is 0 Å². The van der Waals surface area contributed by atoms with Crippen LogP contribution in [0.1, 0.15) is 24.1 Å². The van der Waals surface area contributed by atoms with Crippen molar-refractivity contribution in [2.24, 2.45) is 5.41 Å². The molecule has 84 valence electrons. The highest BCUT2D eigenvalue weighted by molar-refractivity contribution is 7.10. The number of hydrogen-bond donors (Lipinski definition) is 3. The number of aliphatic hydroxyl groups is 1. The van der Waals surface area contributed by atoms with E-state index in [0.29, 0.717) is 12.0 Å². The van der Waals surface area contributed by atoms with Crippen LogP contribution in [0.4, 0.5) is 5.69 Å². The van der Waals surface area contributed by atoms with E-state index < -0.39 is 0 Å². The Morgan fingerprint density at radius 1 is 1.53 bits per heavy atom. The van der Waals surface area contributed by atoms with Gasteiger partial charge in [0.25, 0.3) is 0 Å². The van der Waals surface area contributed by atoms with Crippen molar-refractivity contribution in [1.29, 1.82) is 0 Å². The highest BCUT2D eigenvalue weighted by Gasteiger charge is 2.41. The van der Waals surface area contributed by atoms with Gasteiger partial charge < -0.3 is 16.2 Å². The Bertz CT molecular complexity index is 320. The maximum absolute atomic E-state index is 8.92. The molecule has 1 aromatic rings. The Kier molecular flexibility index (Phi) is 3.29. The summed E-state index contributed by atoms with van der Waals surface area (Å²) in [7, 11) is 0. The first-order valence-electron chi connectivity index (χ1n) is 5.39. The molecular weight excluding hydrogens is 208 g/mol. The molecule has 0 unspecified atom stereocenters. The maximum atomic E-state index is 8.92. The van der Waals surface area contributed by atoms with Crippen LogP contribution in [0.3, 0.4) is 0 Å². The highest BCUT2D eigenvalue weighted by atomic mass is 32.1. The van der Waals surface area contributed by atoms with Gasteiger partial charge in [0.1, 0.15) is 0 Å². The number of anilines is 1. The van der Waals surface area contributed by atoms with Crippen LogP contribution < -0.4 is 11.1 Å². The van der Waals surface area contributed by atoms with Gasteiger partial charge in [0.2, 0.25) is 0 Å². The largest absolute Gasteiger partial charge is 0.398 e. The smallest absolute Gasteiger partial charge is 0.0468 e. The summed E-state index contributed by atoms with van der Waals surface area (Å²) in [5, 5.41) is 14.4. The van der Waals surface area contributed by atoms with Crippen molar-refractivity contribution in [1.82, 2.24) is 5.32 Å². The molecule has 2 rings (SSSR count). The molecule has 0 bridgehead atoms. The molecule has 1 aliphatic rings. The van der Waals surface area contributed by atoms with Crippen molar-refractivity contribution < 1.29 is 5.11 Å². The molecule has 0 amide bonds. The van der Waals surface area contributed by atoms with E-state index in [2.05, 4.69) is 5.32 Å². The van der Waals surface area contributed by atoms with Crippen LogP contribution in [0.5, 0.6) is 0 Å². The predicted molar refractivity (Wildman–Crippen MR) is 63.8 cm³/mol. The van der Waals surface area contributed by atoms with Crippen molar-refractivity contribution in [3.8, 4) is 0 Å². The van der Waals surface area contributed by atoms with E-state index >= 15 is 0 Å². The first-order chi connectivity index (χ1) is 7.26. The topological polar surface area (TPSA) is 58.3 Å². The summed E-state index contributed by atoms with van der Waals surface area (Å²) in [4.78, 5) is 1.22. The average Bonchev–Trinajstić information content (AvgIpc) is 2.85. The van der Waals surface area contributed by atoms with E-state index in [-0.39, 0.29) is 0 Å². The van der Waals surface area contributed by atoms with E-state index in [9.17, 15) is 0 Å². The number of nitrogens with one attached hydrogen (secondary N) is 1. The van der Waals surface area contributed by atoms with Crippen molar-refractivity contribution in [2.75, 3.05) is 18.9 Å². The van der Waals surface area contributed by atoms with Crippen LogP contribution in [0.2, 0.25) is 0 Å². The minimum absolute atomic E-state index is 0.308. The molecule has 1 saturated carbocycles. The van der Waals surface area contributed by atoms with E-state index in [0.717, 1.165) is 25.2 Å². The molecule has 0 atom stereocenters. The standard InChI is InChI=1S/C11H18N2OS/c12-9-1-6-15-10(9)7-13-8-11(2-3-11)4-5-14/h1,6,13-14H,2-5,7-8,12H2. The Hall–Kier alpha value is -0.580. The van der Waals surface area contributed by atoms with Crippen LogP contribution in [-0.2, 0) is 6.54 Å². The Morgan fingerprint density at radius 3 is 2.87 bits per heavy atom. The van der Waals surface area contributed by atoms with Crippen LogP contribution in [0.15, 0.2) is 11.4 Å². The van der Waals surface area contributed by atoms with Crippen LogP contribution in [0, 0.1) is 5.41 Å². The quantitative estimate of drug-likeness (QED) is 0.690. The normalized spacial score (nSPS) is 17.9. The van der Waals surface area contributed by atoms with Gasteiger partial charge in [0.15, 0.2) is 0 Å². The zero-order chi connectivity index (χ0) is 10.7. The number of aliphatic hydroxyl groups excluding tert-OH is 1. The molecule has 0 radical (unpaired) electrons. The minimum atomic E-state index is 0.308. The Balaban J connectivity index is 1.73. The molecule has 0 spiro atoms. The fraction of sp³-hybridized carbons (Fsp3) is 0.636. The lowest BCUT2D eigenvalue weighted by atomic mass is 10.0. The molecule has 1 fully saturated rings. The second kappa shape index (κ2) is 4.51. The molecule has 1 aliphatic carbocycles. The van der Waals surface area contributed by atoms with Gasteiger partial charge in [-0.2, -0.15) is 0 Å². The van der Waals surface area contributed by atoms with E-state index in [1.54, 1.807) is 11.3 Å². The van der Waals surface area contributed by atoms with E-state index in [4.69, 9.17) is 10.8 Å². The van der Waals surface area contributed by atoms with Crippen molar-refractivity contribution in [2.45, 2.75) is 25.8 Å². The van der Waals surface area contributed by atoms with Gasteiger partial charge in [-0.25, -0.2) is 0 Å². The first kappa shape index (κ1) is 10.9. The number of hydrogen-bond acceptors (Lipinski definition) is 4. The predicted octanol–water partition coefficient (Wildman–Crippen LogP) is 1.58. The van der Waals surface area contributed by atoms with Crippen molar-refractivity contribution >= 4 is 17.0 Å². The van der Waals surface area contributed by atoms with Gasteiger partial charge >= 0.3 is 0 Å². The summed E-state index contributed by atoms with van der Waals surface area (Å²) in [6.07, 6.45) is 3.43. The van der Waals surface area contributed by atoms with Gasteiger partial charge in [-0.15, -0.1) is 11.3 Å². The van der Waals surface area contributed by atoms with Crippen molar-refractivity contribution in [3.05, 3.63) is 16.3 Å².